The van der Waals surface area contributed by atoms with Crippen LogP contribution in [0.5, 0.6) is 5.75 Å². The average Bonchev–Trinajstić information content (AvgIpc) is 2.38. The third kappa shape index (κ3) is 4.50. The average molecular weight is 277 g/mol. The minimum Gasteiger partial charge on any atom is -0.491 e. The van der Waals surface area contributed by atoms with Crippen molar-refractivity contribution in [3.8, 4) is 5.75 Å². The minimum absolute atomic E-state index is 0.367. The highest BCUT2D eigenvalue weighted by molar-refractivity contribution is 5.32. The van der Waals surface area contributed by atoms with Crippen molar-refractivity contribution in [2.75, 3.05) is 19.7 Å². The number of rotatable bonds is 5. The first kappa shape index (κ1) is 15.3. The van der Waals surface area contributed by atoms with E-state index in [0.717, 1.165) is 12.3 Å². The second-order valence-electron chi connectivity index (χ2n) is 6.13. The summed E-state index contributed by atoms with van der Waals surface area (Å²) in [4.78, 5) is 2.37. The summed E-state index contributed by atoms with van der Waals surface area (Å²) in [6, 6.07) is 6.74. The van der Waals surface area contributed by atoms with E-state index >= 15 is 0 Å². The topological polar surface area (TPSA) is 32.7 Å². The summed E-state index contributed by atoms with van der Waals surface area (Å²) in [5.74, 6) is 0.855. The molecule has 1 saturated heterocycles. The quantitative estimate of drug-likeness (QED) is 0.898. The van der Waals surface area contributed by atoms with Crippen molar-refractivity contribution >= 4 is 0 Å². The molecule has 2 atom stereocenters. The van der Waals surface area contributed by atoms with Crippen molar-refractivity contribution in [2.45, 2.75) is 52.2 Å². The highest BCUT2D eigenvalue weighted by Gasteiger charge is 2.20. The molecule has 0 spiro atoms. The van der Waals surface area contributed by atoms with Gasteiger partial charge in [-0.2, -0.15) is 0 Å². The van der Waals surface area contributed by atoms with Gasteiger partial charge in [-0.15, -0.1) is 0 Å². The van der Waals surface area contributed by atoms with Crippen molar-refractivity contribution in [1.82, 2.24) is 4.90 Å². The molecular formula is C17H27NO2. The molecule has 3 nitrogen and oxygen atoms in total. The van der Waals surface area contributed by atoms with Crippen LogP contribution in [0, 0.1) is 13.8 Å². The van der Waals surface area contributed by atoms with Gasteiger partial charge in [-0.05, 0) is 63.4 Å². The van der Waals surface area contributed by atoms with Gasteiger partial charge in [-0.25, -0.2) is 0 Å². The zero-order valence-corrected chi connectivity index (χ0v) is 12.9. The van der Waals surface area contributed by atoms with Crippen LogP contribution >= 0.6 is 0 Å². The van der Waals surface area contributed by atoms with Crippen LogP contribution < -0.4 is 4.74 Å². The van der Waals surface area contributed by atoms with Crippen LogP contribution in [-0.4, -0.2) is 41.8 Å². The number of aryl methyl sites for hydroxylation is 2. The van der Waals surface area contributed by atoms with Gasteiger partial charge in [0.15, 0.2) is 0 Å². The summed E-state index contributed by atoms with van der Waals surface area (Å²) in [6.07, 6.45) is 3.38. The van der Waals surface area contributed by atoms with E-state index in [1.54, 1.807) is 0 Å². The van der Waals surface area contributed by atoms with Crippen molar-refractivity contribution in [3.63, 3.8) is 0 Å². The smallest absolute Gasteiger partial charge is 0.119 e. The number of aliphatic hydroxyl groups excluding tert-OH is 1. The Morgan fingerprint density at radius 2 is 1.95 bits per heavy atom. The van der Waals surface area contributed by atoms with E-state index < -0.39 is 6.10 Å². The van der Waals surface area contributed by atoms with E-state index in [0.29, 0.717) is 19.2 Å². The number of benzene rings is 1. The predicted molar refractivity (Wildman–Crippen MR) is 82.3 cm³/mol. The Labute approximate surface area is 122 Å². The molecule has 3 heteroatoms. The summed E-state index contributed by atoms with van der Waals surface area (Å²) in [6.45, 7) is 8.55. The van der Waals surface area contributed by atoms with Crippen LogP contribution in [-0.2, 0) is 0 Å². The van der Waals surface area contributed by atoms with Gasteiger partial charge < -0.3 is 9.84 Å². The summed E-state index contributed by atoms with van der Waals surface area (Å²) in [7, 11) is 0. The van der Waals surface area contributed by atoms with Crippen LogP contribution in [0.25, 0.3) is 0 Å². The number of hydrogen-bond acceptors (Lipinski definition) is 3. The zero-order valence-electron chi connectivity index (χ0n) is 12.9. The number of ether oxygens (including phenoxy) is 1. The Kier molecular flexibility index (Phi) is 5.44. The van der Waals surface area contributed by atoms with Crippen molar-refractivity contribution in [3.05, 3.63) is 29.3 Å². The van der Waals surface area contributed by atoms with E-state index in [4.69, 9.17) is 4.74 Å². The standard InChI is InChI=1S/C17H27NO2/c1-13-8-14(2)10-17(9-13)20-12-16(19)11-18-7-5-4-6-15(18)3/h8-10,15-16,19H,4-7,11-12H2,1-3H3/t15-,16-/m0/s1. The van der Waals surface area contributed by atoms with Crippen LogP contribution in [0.1, 0.15) is 37.3 Å². The van der Waals surface area contributed by atoms with E-state index in [1.165, 1.54) is 30.4 Å². The number of nitrogens with zero attached hydrogens (tertiary/aromatic N) is 1. The Balaban J connectivity index is 1.80. The van der Waals surface area contributed by atoms with Gasteiger partial charge in [0.1, 0.15) is 18.5 Å². The van der Waals surface area contributed by atoms with Crippen LogP contribution in [0.3, 0.4) is 0 Å². The molecule has 2 rings (SSSR count). The van der Waals surface area contributed by atoms with Gasteiger partial charge >= 0.3 is 0 Å². The van der Waals surface area contributed by atoms with Gasteiger partial charge in [-0.1, -0.05) is 12.5 Å². The van der Waals surface area contributed by atoms with Gasteiger partial charge in [0, 0.05) is 12.6 Å². The van der Waals surface area contributed by atoms with Gasteiger partial charge in [0.05, 0.1) is 0 Å². The fraction of sp³-hybridized carbons (Fsp3) is 0.647. The largest absolute Gasteiger partial charge is 0.491 e. The molecular weight excluding hydrogens is 250 g/mol. The van der Waals surface area contributed by atoms with E-state index in [2.05, 4.69) is 31.7 Å². The van der Waals surface area contributed by atoms with Gasteiger partial charge in [0.25, 0.3) is 0 Å². The first-order valence-corrected chi connectivity index (χ1v) is 7.68. The number of β-amino-alcohol motifs (C(OH)–C–C–N with tert-alkyl or cyclic N) is 1. The highest BCUT2D eigenvalue weighted by Crippen LogP contribution is 2.18. The first-order valence-electron chi connectivity index (χ1n) is 7.68. The molecule has 0 unspecified atom stereocenters. The third-order valence-corrected chi connectivity index (χ3v) is 4.02. The maximum absolute atomic E-state index is 10.2. The summed E-state index contributed by atoms with van der Waals surface area (Å²) in [5, 5.41) is 10.2. The number of aliphatic hydroxyl groups is 1. The summed E-state index contributed by atoms with van der Waals surface area (Å²) >= 11 is 0. The second kappa shape index (κ2) is 7.09. The van der Waals surface area contributed by atoms with Gasteiger partial charge in [-0.3, -0.25) is 4.90 Å². The highest BCUT2D eigenvalue weighted by atomic mass is 16.5. The van der Waals surface area contributed by atoms with E-state index in [1.807, 2.05) is 12.1 Å². The maximum atomic E-state index is 10.2. The molecule has 1 aromatic carbocycles. The molecule has 1 heterocycles. The molecule has 0 bridgehead atoms. The molecule has 1 aliphatic heterocycles. The molecule has 1 aliphatic rings. The van der Waals surface area contributed by atoms with Crippen molar-refractivity contribution in [2.24, 2.45) is 0 Å². The van der Waals surface area contributed by atoms with Crippen molar-refractivity contribution in [1.29, 1.82) is 0 Å². The lowest BCUT2D eigenvalue weighted by molar-refractivity contribution is 0.0437. The zero-order chi connectivity index (χ0) is 14.5. The molecule has 1 N–H and O–H groups in total. The van der Waals surface area contributed by atoms with E-state index in [9.17, 15) is 5.11 Å². The third-order valence-electron chi connectivity index (χ3n) is 4.02. The van der Waals surface area contributed by atoms with E-state index in [-0.39, 0.29) is 0 Å². The summed E-state index contributed by atoms with van der Waals surface area (Å²) < 4.78 is 5.73. The molecule has 20 heavy (non-hydrogen) atoms. The molecule has 0 amide bonds. The van der Waals surface area contributed by atoms with Crippen molar-refractivity contribution < 1.29 is 9.84 Å². The lowest BCUT2D eigenvalue weighted by atomic mass is 10.0. The monoisotopic (exact) mass is 277 g/mol. The SMILES string of the molecule is Cc1cc(C)cc(OC[C@@H](O)CN2CCCC[C@@H]2C)c1. The number of piperidine rings is 1. The molecule has 1 aromatic rings. The van der Waals surface area contributed by atoms with Crippen LogP contribution in [0.15, 0.2) is 18.2 Å². The van der Waals surface area contributed by atoms with Crippen LogP contribution in [0.4, 0.5) is 0 Å². The second-order valence-corrected chi connectivity index (χ2v) is 6.13. The molecule has 0 aromatic heterocycles. The molecule has 0 aliphatic carbocycles. The lowest BCUT2D eigenvalue weighted by Gasteiger charge is -2.34. The van der Waals surface area contributed by atoms with Gasteiger partial charge in [0.2, 0.25) is 0 Å². The lowest BCUT2D eigenvalue weighted by Crippen LogP contribution is -2.43. The fourth-order valence-electron chi connectivity index (χ4n) is 2.96. The first-order chi connectivity index (χ1) is 9.54. The van der Waals surface area contributed by atoms with Crippen LogP contribution in [0.2, 0.25) is 0 Å². The molecule has 0 radical (unpaired) electrons. The molecule has 112 valence electrons. The Morgan fingerprint density at radius 1 is 1.25 bits per heavy atom. The fourth-order valence-corrected chi connectivity index (χ4v) is 2.96. The normalized spacial score (nSPS) is 21.7. The molecule has 0 saturated carbocycles. The maximum Gasteiger partial charge on any atom is 0.119 e. The minimum atomic E-state index is -0.420. The Hall–Kier alpha value is -1.06. The number of hydrogen-bond donors (Lipinski definition) is 1. The number of likely N-dealkylation sites (tertiary alicyclic amines) is 1. The predicted octanol–water partition coefficient (Wildman–Crippen LogP) is 2.92. The Bertz CT molecular complexity index is 413. The Morgan fingerprint density at radius 3 is 2.60 bits per heavy atom. The molecule has 1 fully saturated rings. The summed E-state index contributed by atoms with van der Waals surface area (Å²) in [5.41, 5.74) is 2.39.